The molecule has 74 valence electrons. The summed E-state index contributed by atoms with van der Waals surface area (Å²) in [5.74, 6) is -0.580. The number of aryl methyl sites for hydroxylation is 1. The summed E-state index contributed by atoms with van der Waals surface area (Å²) in [6, 6.07) is 2.88. The second kappa shape index (κ2) is 3.29. The first-order valence-corrected chi connectivity index (χ1v) is 4.40. The standard InChI is InChI=1S/C10H10FNO2/c1-6-2-3-7(11)8-9(6)14-5-4-12-10(8)13/h2-3H,4-5H2,1H3,(H,12,13). The van der Waals surface area contributed by atoms with Crippen LogP contribution >= 0.6 is 0 Å². The van der Waals surface area contributed by atoms with E-state index in [2.05, 4.69) is 5.32 Å². The Morgan fingerprint density at radius 1 is 1.50 bits per heavy atom. The van der Waals surface area contributed by atoms with E-state index in [1.165, 1.54) is 6.07 Å². The van der Waals surface area contributed by atoms with Crippen LogP contribution in [-0.2, 0) is 0 Å². The molecule has 0 saturated carbocycles. The molecule has 1 aromatic carbocycles. The Bertz CT molecular complexity index is 390. The van der Waals surface area contributed by atoms with Crippen molar-refractivity contribution in [3.05, 3.63) is 29.1 Å². The molecule has 3 nitrogen and oxygen atoms in total. The summed E-state index contributed by atoms with van der Waals surface area (Å²) in [5.41, 5.74) is 0.793. The molecule has 0 fully saturated rings. The SMILES string of the molecule is Cc1ccc(F)c2c1OCCNC2=O. The fourth-order valence-electron chi connectivity index (χ4n) is 1.47. The zero-order valence-corrected chi connectivity index (χ0v) is 7.76. The normalized spacial score (nSPS) is 15.1. The number of benzene rings is 1. The van der Waals surface area contributed by atoms with Gasteiger partial charge in [-0.15, -0.1) is 0 Å². The summed E-state index contributed by atoms with van der Waals surface area (Å²) < 4.78 is 18.6. The van der Waals surface area contributed by atoms with E-state index in [9.17, 15) is 9.18 Å². The van der Waals surface area contributed by atoms with Gasteiger partial charge in [0.25, 0.3) is 5.91 Å². The highest BCUT2D eigenvalue weighted by atomic mass is 19.1. The number of hydrogen-bond acceptors (Lipinski definition) is 2. The van der Waals surface area contributed by atoms with Crippen molar-refractivity contribution in [1.29, 1.82) is 0 Å². The highest BCUT2D eigenvalue weighted by Crippen LogP contribution is 2.27. The molecule has 0 radical (unpaired) electrons. The predicted octanol–water partition coefficient (Wildman–Crippen LogP) is 1.26. The lowest BCUT2D eigenvalue weighted by atomic mass is 10.1. The lowest BCUT2D eigenvalue weighted by molar-refractivity contribution is 0.0953. The molecule has 1 aromatic rings. The summed E-state index contributed by atoms with van der Waals surface area (Å²) in [5, 5.41) is 2.56. The Morgan fingerprint density at radius 3 is 3.07 bits per heavy atom. The molecule has 14 heavy (non-hydrogen) atoms. The smallest absolute Gasteiger partial charge is 0.258 e. The molecule has 0 bridgehead atoms. The van der Waals surface area contributed by atoms with Crippen molar-refractivity contribution < 1.29 is 13.9 Å². The van der Waals surface area contributed by atoms with E-state index in [1.54, 1.807) is 13.0 Å². The number of ether oxygens (including phenoxy) is 1. The number of amides is 1. The first-order valence-electron chi connectivity index (χ1n) is 4.40. The summed E-state index contributed by atoms with van der Waals surface area (Å²) in [4.78, 5) is 11.4. The van der Waals surface area contributed by atoms with Crippen LogP contribution in [-0.4, -0.2) is 19.1 Å². The van der Waals surface area contributed by atoms with E-state index in [0.29, 0.717) is 18.9 Å². The van der Waals surface area contributed by atoms with Gasteiger partial charge < -0.3 is 10.1 Å². The molecule has 0 saturated heterocycles. The van der Waals surface area contributed by atoms with Crippen molar-refractivity contribution in [3.63, 3.8) is 0 Å². The summed E-state index contributed by atoms with van der Waals surface area (Å²) >= 11 is 0. The van der Waals surface area contributed by atoms with Crippen molar-refractivity contribution in [2.24, 2.45) is 0 Å². The molecule has 0 atom stereocenters. The Labute approximate surface area is 80.9 Å². The van der Waals surface area contributed by atoms with Gasteiger partial charge >= 0.3 is 0 Å². The summed E-state index contributed by atoms with van der Waals surface area (Å²) in [6.07, 6.45) is 0. The molecule has 1 amide bonds. The summed E-state index contributed by atoms with van der Waals surface area (Å²) in [6.45, 7) is 2.58. The number of hydrogen-bond donors (Lipinski definition) is 1. The molecule has 1 heterocycles. The van der Waals surface area contributed by atoms with Crippen LogP contribution in [0.15, 0.2) is 12.1 Å². The Kier molecular flexibility index (Phi) is 2.11. The van der Waals surface area contributed by atoms with Crippen molar-refractivity contribution in [2.75, 3.05) is 13.2 Å². The average Bonchev–Trinajstić information content (AvgIpc) is 2.35. The molecule has 2 rings (SSSR count). The highest BCUT2D eigenvalue weighted by molar-refractivity contribution is 5.97. The van der Waals surface area contributed by atoms with Gasteiger partial charge in [-0.2, -0.15) is 0 Å². The number of carbonyl (C=O) groups is 1. The van der Waals surface area contributed by atoms with Crippen LogP contribution in [0.1, 0.15) is 15.9 Å². The van der Waals surface area contributed by atoms with Crippen LogP contribution in [0.25, 0.3) is 0 Å². The maximum Gasteiger partial charge on any atom is 0.258 e. The molecule has 0 spiro atoms. The van der Waals surface area contributed by atoms with Crippen LogP contribution in [0.5, 0.6) is 5.75 Å². The van der Waals surface area contributed by atoms with Gasteiger partial charge in [-0.05, 0) is 18.6 Å². The molecular formula is C10H10FNO2. The fourth-order valence-corrected chi connectivity index (χ4v) is 1.47. The van der Waals surface area contributed by atoms with E-state index < -0.39 is 11.7 Å². The van der Waals surface area contributed by atoms with Crippen LogP contribution < -0.4 is 10.1 Å². The maximum atomic E-state index is 13.3. The van der Waals surface area contributed by atoms with Crippen molar-refractivity contribution in [1.82, 2.24) is 5.32 Å². The Morgan fingerprint density at radius 2 is 2.29 bits per heavy atom. The first kappa shape index (κ1) is 8.99. The van der Waals surface area contributed by atoms with Crippen molar-refractivity contribution in [3.8, 4) is 5.75 Å². The third-order valence-electron chi connectivity index (χ3n) is 2.16. The quantitative estimate of drug-likeness (QED) is 0.676. The van der Waals surface area contributed by atoms with Gasteiger partial charge in [0.15, 0.2) is 0 Å². The zero-order chi connectivity index (χ0) is 10.1. The third-order valence-corrected chi connectivity index (χ3v) is 2.16. The van der Waals surface area contributed by atoms with Gasteiger partial charge in [0.1, 0.15) is 23.7 Å². The third kappa shape index (κ3) is 1.32. The zero-order valence-electron chi connectivity index (χ0n) is 7.76. The second-order valence-corrected chi connectivity index (χ2v) is 3.17. The molecular weight excluding hydrogens is 185 g/mol. The molecule has 0 unspecified atom stereocenters. The van der Waals surface area contributed by atoms with E-state index >= 15 is 0 Å². The molecule has 4 heteroatoms. The lowest BCUT2D eigenvalue weighted by Crippen LogP contribution is -2.25. The largest absolute Gasteiger partial charge is 0.491 e. The van der Waals surface area contributed by atoms with Crippen LogP contribution in [0.4, 0.5) is 4.39 Å². The Balaban J connectivity index is 2.62. The van der Waals surface area contributed by atoms with Gasteiger partial charge in [-0.25, -0.2) is 4.39 Å². The molecule has 1 aliphatic heterocycles. The molecule has 0 aromatic heterocycles. The molecule has 1 aliphatic rings. The minimum atomic E-state index is -0.537. The first-order chi connectivity index (χ1) is 6.70. The number of rotatable bonds is 0. The van der Waals surface area contributed by atoms with E-state index in [4.69, 9.17) is 4.74 Å². The van der Waals surface area contributed by atoms with Gasteiger partial charge in [0.05, 0.1) is 6.54 Å². The maximum absolute atomic E-state index is 13.3. The lowest BCUT2D eigenvalue weighted by Gasteiger charge is -2.08. The van der Waals surface area contributed by atoms with Gasteiger partial charge in [0.2, 0.25) is 0 Å². The highest BCUT2D eigenvalue weighted by Gasteiger charge is 2.22. The molecule has 0 aliphatic carbocycles. The van der Waals surface area contributed by atoms with Crippen LogP contribution in [0.2, 0.25) is 0 Å². The number of halogens is 1. The predicted molar refractivity (Wildman–Crippen MR) is 49.0 cm³/mol. The van der Waals surface area contributed by atoms with Crippen LogP contribution in [0.3, 0.4) is 0 Å². The van der Waals surface area contributed by atoms with Gasteiger partial charge in [0, 0.05) is 0 Å². The van der Waals surface area contributed by atoms with Crippen molar-refractivity contribution in [2.45, 2.75) is 6.92 Å². The fraction of sp³-hybridized carbons (Fsp3) is 0.300. The van der Waals surface area contributed by atoms with Gasteiger partial charge in [-0.3, -0.25) is 4.79 Å². The van der Waals surface area contributed by atoms with E-state index in [1.807, 2.05) is 0 Å². The van der Waals surface area contributed by atoms with Crippen molar-refractivity contribution >= 4 is 5.91 Å². The number of nitrogens with one attached hydrogen (secondary N) is 1. The van der Waals surface area contributed by atoms with Crippen LogP contribution in [0, 0.1) is 12.7 Å². The van der Waals surface area contributed by atoms with E-state index in [0.717, 1.165) is 5.56 Å². The minimum Gasteiger partial charge on any atom is -0.491 e. The van der Waals surface area contributed by atoms with Gasteiger partial charge in [-0.1, -0.05) is 6.07 Å². The second-order valence-electron chi connectivity index (χ2n) is 3.17. The summed E-state index contributed by atoms with van der Waals surface area (Å²) in [7, 11) is 0. The minimum absolute atomic E-state index is 0.0162. The average molecular weight is 195 g/mol. The number of carbonyl (C=O) groups excluding carboxylic acids is 1. The number of fused-ring (bicyclic) bond motifs is 1. The van der Waals surface area contributed by atoms with E-state index in [-0.39, 0.29) is 5.56 Å². The Hall–Kier alpha value is -1.58. The topological polar surface area (TPSA) is 38.3 Å². The monoisotopic (exact) mass is 195 g/mol. The molecule has 1 N–H and O–H groups in total.